The van der Waals surface area contributed by atoms with E-state index >= 15 is 0 Å². The number of nitrogens with one attached hydrogen (secondary N) is 1. The number of hydrogen-bond donors (Lipinski definition) is 1. The van der Waals surface area contributed by atoms with Gasteiger partial charge in [0.2, 0.25) is 0 Å². The normalized spacial score (nSPS) is 12.3. The number of halogens is 2. The van der Waals surface area contributed by atoms with Gasteiger partial charge in [-0.05, 0) is 65.9 Å². The molecule has 0 aliphatic rings. The second-order valence-electron chi connectivity index (χ2n) is 9.93. The summed E-state index contributed by atoms with van der Waals surface area (Å²) in [6, 6.07) is 20.3. The van der Waals surface area contributed by atoms with E-state index in [4.69, 9.17) is 27.9 Å². The van der Waals surface area contributed by atoms with Gasteiger partial charge in [0.25, 0.3) is 5.91 Å². The van der Waals surface area contributed by atoms with E-state index in [0.29, 0.717) is 38.0 Å². The predicted octanol–water partition coefficient (Wildman–Crippen LogP) is 7.66. The monoisotopic (exact) mass is 568 g/mol. The Balaban J connectivity index is 1.63. The van der Waals surface area contributed by atoms with E-state index in [-0.39, 0.29) is 11.3 Å². The molecule has 3 aromatic carbocycles. The first-order valence-corrected chi connectivity index (χ1v) is 13.9. The second-order valence-corrected chi connectivity index (χ2v) is 11.7. The van der Waals surface area contributed by atoms with Crippen LogP contribution in [0.3, 0.4) is 0 Å². The number of benzene rings is 3. The Kier molecular flexibility index (Phi) is 8.71. The summed E-state index contributed by atoms with van der Waals surface area (Å²) in [7, 11) is 1.64. The first kappa shape index (κ1) is 28.0. The van der Waals surface area contributed by atoms with Gasteiger partial charge in [0, 0.05) is 16.3 Å². The van der Waals surface area contributed by atoms with Crippen molar-refractivity contribution < 1.29 is 9.53 Å². The Morgan fingerprint density at radius 3 is 2.47 bits per heavy atom. The SMILES string of the molecule is COc1cccc(CSc2nnc(C(C)NC(=O)c3ccc(C(C)(C)C)cc3)n2-c2cc(Cl)ccc2Cl)c1. The van der Waals surface area contributed by atoms with Crippen LogP contribution in [0.15, 0.2) is 71.9 Å². The Morgan fingerprint density at radius 1 is 1.05 bits per heavy atom. The zero-order valence-electron chi connectivity index (χ0n) is 22.0. The molecule has 1 atom stereocenters. The number of carbonyl (C=O) groups is 1. The van der Waals surface area contributed by atoms with Crippen LogP contribution < -0.4 is 10.1 Å². The van der Waals surface area contributed by atoms with Crippen molar-refractivity contribution in [2.45, 2.75) is 50.1 Å². The molecule has 38 heavy (non-hydrogen) atoms. The number of ether oxygens (including phenoxy) is 1. The van der Waals surface area contributed by atoms with E-state index in [9.17, 15) is 4.79 Å². The molecular weight excluding hydrogens is 539 g/mol. The minimum Gasteiger partial charge on any atom is -0.497 e. The average molecular weight is 570 g/mol. The van der Waals surface area contributed by atoms with Gasteiger partial charge in [-0.2, -0.15) is 0 Å². The first-order chi connectivity index (χ1) is 18.1. The molecule has 198 valence electrons. The molecule has 0 bridgehead atoms. The van der Waals surface area contributed by atoms with Gasteiger partial charge in [-0.1, -0.05) is 80.0 Å². The van der Waals surface area contributed by atoms with Crippen LogP contribution in [0.4, 0.5) is 0 Å². The highest BCUT2D eigenvalue weighted by Crippen LogP contribution is 2.33. The molecule has 0 saturated carbocycles. The third-order valence-electron chi connectivity index (χ3n) is 6.06. The quantitative estimate of drug-likeness (QED) is 0.221. The van der Waals surface area contributed by atoms with Gasteiger partial charge in [0.1, 0.15) is 5.75 Å². The van der Waals surface area contributed by atoms with Gasteiger partial charge in [-0.15, -0.1) is 10.2 Å². The highest BCUT2D eigenvalue weighted by Gasteiger charge is 2.23. The number of rotatable bonds is 8. The van der Waals surface area contributed by atoms with Crippen LogP contribution in [-0.2, 0) is 11.2 Å². The molecule has 1 aromatic heterocycles. The molecule has 0 saturated heterocycles. The first-order valence-electron chi connectivity index (χ1n) is 12.1. The summed E-state index contributed by atoms with van der Waals surface area (Å²) in [5, 5.41) is 13.6. The molecule has 1 unspecified atom stereocenters. The summed E-state index contributed by atoms with van der Waals surface area (Å²) in [6.45, 7) is 8.29. The molecule has 4 rings (SSSR count). The molecule has 6 nitrogen and oxygen atoms in total. The molecule has 1 heterocycles. The zero-order valence-corrected chi connectivity index (χ0v) is 24.3. The van der Waals surface area contributed by atoms with Crippen LogP contribution in [0.5, 0.6) is 5.75 Å². The molecule has 1 N–H and O–H groups in total. The standard InChI is InChI=1S/C29H30Cl2N4O2S/c1-18(32-27(36)20-9-11-21(12-10-20)29(2,3)4)26-33-34-28(35(26)25-16-22(30)13-14-24(25)31)38-17-19-7-6-8-23(15-19)37-5/h6-16,18H,17H2,1-5H3,(H,32,36). The lowest BCUT2D eigenvalue weighted by Gasteiger charge is -2.20. The fraction of sp³-hybridized carbons (Fsp3) is 0.276. The van der Waals surface area contributed by atoms with Crippen molar-refractivity contribution in [2.75, 3.05) is 7.11 Å². The van der Waals surface area contributed by atoms with Crippen molar-refractivity contribution in [2.24, 2.45) is 0 Å². The molecule has 0 aliphatic carbocycles. The van der Waals surface area contributed by atoms with Gasteiger partial charge in [-0.3, -0.25) is 9.36 Å². The van der Waals surface area contributed by atoms with Gasteiger partial charge < -0.3 is 10.1 Å². The zero-order chi connectivity index (χ0) is 27.4. The van der Waals surface area contributed by atoms with Crippen molar-refractivity contribution >= 4 is 40.9 Å². The van der Waals surface area contributed by atoms with Crippen molar-refractivity contribution in [3.63, 3.8) is 0 Å². The van der Waals surface area contributed by atoms with Crippen molar-refractivity contribution in [3.8, 4) is 11.4 Å². The summed E-state index contributed by atoms with van der Waals surface area (Å²) in [5.74, 6) is 1.77. The fourth-order valence-corrected chi connectivity index (χ4v) is 5.18. The summed E-state index contributed by atoms with van der Waals surface area (Å²) in [4.78, 5) is 13.1. The molecule has 0 fully saturated rings. The predicted molar refractivity (Wildman–Crippen MR) is 155 cm³/mol. The Bertz CT molecular complexity index is 1430. The lowest BCUT2D eigenvalue weighted by molar-refractivity contribution is 0.0938. The van der Waals surface area contributed by atoms with E-state index in [1.54, 1.807) is 25.3 Å². The Hall–Kier alpha value is -3.00. The maximum atomic E-state index is 13.1. The topological polar surface area (TPSA) is 69.0 Å². The summed E-state index contributed by atoms with van der Waals surface area (Å²) >= 11 is 14.4. The van der Waals surface area contributed by atoms with Crippen LogP contribution in [0, 0.1) is 0 Å². The van der Waals surface area contributed by atoms with Crippen LogP contribution >= 0.6 is 35.0 Å². The lowest BCUT2D eigenvalue weighted by atomic mass is 9.86. The number of methoxy groups -OCH3 is 1. The van der Waals surface area contributed by atoms with E-state index < -0.39 is 6.04 Å². The lowest BCUT2D eigenvalue weighted by Crippen LogP contribution is -2.28. The minimum absolute atomic E-state index is 0.00783. The number of thioether (sulfide) groups is 1. The maximum Gasteiger partial charge on any atom is 0.251 e. The van der Waals surface area contributed by atoms with Crippen LogP contribution in [-0.4, -0.2) is 27.8 Å². The van der Waals surface area contributed by atoms with Crippen molar-refractivity contribution in [1.82, 2.24) is 20.1 Å². The number of amides is 1. The molecule has 4 aromatic rings. The molecule has 0 aliphatic heterocycles. The minimum atomic E-state index is -0.460. The summed E-state index contributed by atoms with van der Waals surface area (Å²) in [6.07, 6.45) is 0. The molecule has 0 radical (unpaired) electrons. The largest absolute Gasteiger partial charge is 0.497 e. The van der Waals surface area contributed by atoms with E-state index in [1.165, 1.54) is 11.8 Å². The Labute approximate surface area is 237 Å². The highest BCUT2D eigenvalue weighted by molar-refractivity contribution is 7.98. The van der Waals surface area contributed by atoms with Crippen LogP contribution in [0.1, 0.15) is 61.0 Å². The molecule has 0 spiro atoms. The van der Waals surface area contributed by atoms with E-state index in [2.05, 4.69) is 36.3 Å². The average Bonchev–Trinajstić information content (AvgIpc) is 3.32. The smallest absolute Gasteiger partial charge is 0.251 e. The molecule has 9 heteroatoms. The van der Waals surface area contributed by atoms with E-state index in [0.717, 1.165) is 16.9 Å². The van der Waals surface area contributed by atoms with Gasteiger partial charge in [0.15, 0.2) is 11.0 Å². The van der Waals surface area contributed by atoms with Crippen molar-refractivity contribution in [3.05, 3.63) is 99.3 Å². The van der Waals surface area contributed by atoms with Gasteiger partial charge >= 0.3 is 0 Å². The van der Waals surface area contributed by atoms with Crippen LogP contribution in [0.25, 0.3) is 5.69 Å². The fourth-order valence-electron chi connectivity index (χ4n) is 3.91. The number of hydrogen-bond acceptors (Lipinski definition) is 5. The summed E-state index contributed by atoms with van der Waals surface area (Å²) in [5.41, 5.74) is 3.46. The van der Waals surface area contributed by atoms with Gasteiger partial charge in [-0.25, -0.2) is 0 Å². The maximum absolute atomic E-state index is 13.1. The number of carbonyl (C=O) groups excluding carboxylic acids is 1. The van der Waals surface area contributed by atoms with Crippen molar-refractivity contribution in [1.29, 1.82) is 0 Å². The number of nitrogens with zero attached hydrogens (tertiary/aromatic N) is 3. The highest BCUT2D eigenvalue weighted by atomic mass is 35.5. The molecule has 1 amide bonds. The van der Waals surface area contributed by atoms with Crippen LogP contribution in [0.2, 0.25) is 10.0 Å². The second kappa shape index (κ2) is 11.8. The Morgan fingerprint density at radius 2 is 1.79 bits per heavy atom. The summed E-state index contributed by atoms with van der Waals surface area (Å²) < 4.78 is 7.20. The number of aromatic nitrogens is 3. The third kappa shape index (κ3) is 6.52. The van der Waals surface area contributed by atoms with Gasteiger partial charge in [0.05, 0.1) is 23.9 Å². The van der Waals surface area contributed by atoms with E-state index in [1.807, 2.05) is 60.0 Å². The third-order valence-corrected chi connectivity index (χ3v) is 7.61. The molecular formula is C29H30Cl2N4O2S.